The highest BCUT2D eigenvalue weighted by molar-refractivity contribution is 5.27. The molecule has 0 amide bonds. The fourth-order valence-corrected chi connectivity index (χ4v) is 1.97. The molecule has 0 bridgehead atoms. The van der Waals surface area contributed by atoms with Crippen LogP contribution >= 0.6 is 0 Å². The van der Waals surface area contributed by atoms with E-state index in [0.717, 1.165) is 24.8 Å². The van der Waals surface area contributed by atoms with Gasteiger partial charge in [-0.1, -0.05) is 31.4 Å². The van der Waals surface area contributed by atoms with Crippen LogP contribution in [0.1, 0.15) is 19.3 Å². The fraction of sp³-hybridized carbons (Fsp3) is 0.417. The van der Waals surface area contributed by atoms with Crippen molar-refractivity contribution in [1.82, 2.24) is 0 Å². The monoisotopic (exact) mass is 188 g/mol. The van der Waals surface area contributed by atoms with Crippen molar-refractivity contribution >= 4 is 0 Å². The van der Waals surface area contributed by atoms with E-state index in [1.54, 1.807) is 6.08 Å². The first-order chi connectivity index (χ1) is 6.65. The predicted molar refractivity (Wildman–Crippen MR) is 58.3 cm³/mol. The average molecular weight is 188 g/mol. The third-order valence-corrected chi connectivity index (χ3v) is 2.79. The van der Waals surface area contributed by atoms with Gasteiger partial charge in [-0.25, -0.2) is 0 Å². The number of hydrogen-bond donors (Lipinski definition) is 1. The molecule has 0 aromatic rings. The van der Waals surface area contributed by atoms with Crippen LogP contribution in [0.2, 0.25) is 0 Å². The van der Waals surface area contributed by atoms with Crippen LogP contribution in [0.15, 0.2) is 37.0 Å². The van der Waals surface area contributed by atoms with E-state index in [2.05, 4.69) is 19.2 Å². The van der Waals surface area contributed by atoms with E-state index in [4.69, 9.17) is 11.0 Å². The first kappa shape index (κ1) is 10.7. The Morgan fingerprint density at radius 1 is 1.57 bits per heavy atom. The fourth-order valence-electron chi connectivity index (χ4n) is 1.97. The van der Waals surface area contributed by atoms with E-state index in [0.29, 0.717) is 5.92 Å². The van der Waals surface area contributed by atoms with Crippen molar-refractivity contribution in [2.75, 3.05) is 0 Å². The van der Waals surface area contributed by atoms with E-state index in [-0.39, 0.29) is 0 Å². The van der Waals surface area contributed by atoms with Gasteiger partial charge in [0.2, 0.25) is 0 Å². The average Bonchev–Trinajstić information content (AvgIpc) is 2.58. The molecule has 1 rings (SSSR count). The summed E-state index contributed by atoms with van der Waals surface area (Å²) in [5, 5.41) is 8.89. The molecule has 0 aliphatic heterocycles. The number of hydrogen-bond acceptors (Lipinski definition) is 2. The zero-order valence-corrected chi connectivity index (χ0v) is 8.37. The van der Waals surface area contributed by atoms with Crippen molar-refractivity contribution in [3.05, 3.63) is 37.0 Å². The molecule has 2 nitrogen and oxygen atoms in total. The Hall–Kier alpha value is -1.33. The van der Waals surface area contributed by atoms with Crippen LogP contribution in [0.4, 0.5) is 0 Å². The topological polar surface area (TPSA) is 49.8 Å². The van der Waals surface area contributed by atoms with Gasteiger partial charge < -0.3 is 5.73 Å². The Morgan fingerprint density at radius 2 is 2.29 bits per heavy atom. The lowest BCUT2D eigenvalue weighted by atomic mass is 9.93. The molecule has 1 saturated carbocycles. The van der Waals surface area contributed by atoms with Crippen LogP contribution < -0.4 is 5.73 Å². The zero-order chi connectivity index (χ0) is 10.6. The van der Waals surface area contributed by atoms with Gasteiger partial charge in [-0.3, -0.25) is 0 Å². The predicted octanol–water partition coefficient (Wildman–Crippen LogP) is 2.31. The molecule has 14 heavy (non-hydrogen) atoms. The highest BCUT2D eigenvalue weighted by Gasteiger charge is 2.36. The number of nitriles is 1. The molecular weight excluding hydrogens is 172 g/mol. The number of rotatable bonds is 3. The molecule has 2 atom stereocenters. The van der Waals surface area contributed by atoms with Crippen molar-refractivity contribution in [3.63, 3.8) is 0 Å². The Labute approximate surface area is 85.4 Å². The number of nitrogens with two attached hydrogens (primary N) is 1. The van der Waals surface area contributed by atoms with Gasteiger partial charge in [-0.05, 0) is 30.8 Å². The summed E-state index contributed by atoms with van der Waals surface area (Å²) in [6.07, 6.45) is 8.00. The van der Waals surface area contributed by atoms with E-state index in [1.165, 1.54) is 0 Å². The van der Waals surface area contributed by atoms with Crippen molar-refractivity contribution in [1.29, 1.82) is 5.26 Å². The molecule has 2 unspecified atom stereocenters. The molecule has 1 aliphatic carbocycles. The third-order valence-electron chi connectivity index (χ3n) is 2.79. The first-order valence-electron chi connectivity index (χ1n) is 4.80. The van der Waals surface area contributed by atoms with Crippen molar-refractivity contribution in [3.8, 4) is 6.07 Å². The Kier molecular flexibility index (Phi) is 3.27. The molecule has 0 aromatic heterocycles. The molecule has 0 spiro atoms. The highest BCUT2D eigenvalue weighted by Crippen LogP contribution is 2.37. The molecule has 74 valence electrons. The minimum Gasteiger partial charge on any atom is -0.313 e. The summed E-state index contributed by atoms with van der Waals surface area (Å²) >= 11 is 0. The molecule has 0 saturated heterocycles. The molecule has 1 fully saturated rings. The Morgan fingerprint density at radius 3 is 2.71 bits per heavy atom. The summed E-state index contributed by atoms with van der Waals surface area (Å²) < 4.78 is 0. The van der Waals surface area contributed by atoms with E-state index < -0.39 is 5.54 Å². The van der Waals surface area contributed by atoms with Gasteiger partial charge in [0.15, 0.2) is 0 Å². The van der Waals surface area contributed by atoms with Crippen LogP contribution in [-0.2, 0) is 0 Å². The van der Waals surface area contributed by atoms with Gasteiger partial charge in [-0.2, -0.15) is 5.26 Å². The maximum Gasteiger partial charge on any atom is 0.104 e. The van der Waals surface area contributed by atoms with E-state index in [1.807, 2.05) is 12.2 Å². The normalized spacial score (nSPS) is 32.3. The Bertz CT molecular complexity index is 309. The SMILES string of the molecule is C=C/C=C(\C=C)C1CCC(N)(C#N)C1. The summed E-state index contributed by atoms with van der Waals surface area (Å²) in [6.45, 7) is 7.41. The largest absolute Gasteiger partial charge is 0.313 e. The quantitative estimate of drug-likeness (QED) is 0.691. The Balaban J connectivity index is 2.75. The van der Waals surface area contributed by atoms with Gasteiger partial charge in [0.1, 0.15) is 5.54 Å². The standard InChI is InChI=1S/C12H16N2/c1-3-5-10(4-2)11-6-7-12(14,8-11)9-13/h3-5,11H,1-2,6-8,14H2/b10-5+. The van der Waals surface area contributed by atoms with Gasteiger partial charge >= 0.3 is 0 Å². The van der Waals surface area contributed by atoms with Gasteiger partial charge in [0, 0.05) is 0 Å². The molecule has 0 heterocycles. The van der Waals surface area contributed by atoms with Gasteiger partial charge in [0.05, 0.1) is 6.07 Å². The van der Waals surface area contributed by atoms with Crippen molar-refractivity contribution in [2.45, 2.75) is 24.8 Å². The second kappa shape index (κ2) is 4.26. The van der Waals surface area contributed by atoms with Gasteiger partial charge in [-0.15, -0.1) is 0 Å². The lowest BCUT2D eigenvalue weighted by Gasteiger charge is -2.14. The molecule has 0 radical (unpaired) electrons. The smallest absolute Gasteiger partial charge is 0.104 e. The molecule has 0 aromatic carbocycles. The summed E-state index contributed by atoms with van der Waals surface area (Å²) in [5.74, 6) is 0.371. The zero-order valence-electron chi connectivity index (χ0n) is 8.37. The summed E-state index contributed by atoms with van der Waals surface area (Å²) in [7, 11) is 0. The summed E-state index contributed by atoms with van der Waals surface area (Å²) in [6, 6.07) is 2.18. The van der Waals surface area contributed by atoms with Crippen LogP contribution in [0.3, 0.4) is 0 Å². The second-order valence-electron chi connectivity index (χ2n) is 3.81. The van der Waals surface area contributed by atoms with Crippen molar-refractivity contribution in [2.24, 2.45) is 11.7 Å². The lowest BCUT2D eigenvalue weighted by molar-refractivity contribution is 0.540. The minimum absolute atomic E-state index is 0.371. The van der Waals surface area contributed by atoms with E-state index in [9.17, 15) is 0 Å². The number of nitrogens with zero attached hydrogens (tertiary/aromatic N) is 1. The van der Waals surface area contributed by atoms with Crippen LogP contribution in [0.5, 0.6) is 0 Å². The van der Waals surface area contributed by atoms with Gasteiger partial charge in [0.25, 0.3) is 0 Å². The number of allylic oxidation sites excluding steroid dienone is 4. The molecule has 2 heteroatoms. The van der Waals surface area contributed by atoms with Crippen molar-refractivity contribution < 1.29 is 0 Å². The molecular formula is C12H16N2. The summed E-state index contributed by atoms with van der Waals surface area (Å²) in [4.78, 5) is 0. The van der Waals surface area contributed by atoms with Crippen LogP contribution in [0, 0.1) is 17.2 Å². The maximum atomic E-state index is 8.89. The van der Waals surface area contributed by atoms with E-state index >= 15 is 0 Å². The maximum absolute atomic E-state index is 8.89. The molecule has 1 aliphatic rings. The minimum atomic E-state index is -0.631. The third kappa shape index (κ3) is 2.12. The first-order valence-corrected chi connectivity index (χ1v) is 4.80. The summed E-state index contributed by atoms with van der Waals surface area (Å²) in [5.41, 5.74) is 6.40. The van der Waals surface area contributed by atoms with Crippen LogP contribution in [0.25, 0.3) is 0 Å². The highest BCUT2D eigenvalue weighted by atomic mass is 14.8. The lowest BCUT2D eigenvalue weighted by Crippen LogP contribution is -2.34. The van der Waals surface area contributed by atoms with Crippen LogP contribution in [-0.4, -0.2) is 5.54 Å². The second-order valence-corrected chi connectivity index (χ2v) is 3.81. The molecule has 2 N–H and O–H groups in total.